The van der Waals surface area contributed by atoms with E-state index in [1.165, 1.54) is 12.0 Å². The molecule has 0 aliphatic carbocycles. The number of carbonyl (C=O) groups is 3. The van der Waals surface area contributed by atoms with Crippen LogP contribution < -0.4 is 5.32 Å². The number of likely N-dealkylation sites (tertiary alicyclic amines) is 1. The highest BCUT2D eigenvalue weighted by Gasteiger charge is 2.32. The van der Waals surface area contributed by atoms with Crippen molar-refractivity contribution in [3.05, 3.63) is 0 Å². The minimum atomic E-state index is -0.961. The van der Waals surface area contributed by atoms with Gasteiger partial charge in [0.2, 0.25) is 0 Å². The number of esters is 1. The normalized spacial score (nSPS) is 20.3. The second-order valence-electron chi connectivity index (χ2n) is 4.40. The Morgan fingerprint density at radius 2 is 2.17 bits per heavy atom. The van der Waals surface area contributed by atoms with Gasteiger partial charge in [0.05, 0.1) is 19.4 Å². The summed E-state index contributed by atoms with van der Waals surface area (Å²) in [5, 5.41) is 11.2. The molecule has 1 aliphatic heterocycles. The molecule has 1 rings (SSSR count). The van der Waals surface area contributed by atoms with E-state index < -0.39 is 12.0 Å². The van der Waals surface area contributed by atoms with Crippen molar-refractivity contribution in [2.75, 3.05) is 20.2 Å². The molecule has 18 heavy (non-hydrogen) atoms. The van der Waals surface area contributed by atoms with Crippen LogP contribution in [-0.4, -0.2) is 54.2 Å². The molecule has 2 amide bonds. The van der Waals surface area contributed by atoms with Crippen LogP contribution in [0.1, 0.15) is 19.8 Å². The highest BCUT2D eigenvalue weighted by molar-refractivity contribution is 5.78. The van der Waals surface area contributed by atoms with E-state index in [0.717, 1.165) is 0 Å². The predicted molar refractivity (Wildman–Crippen MR) is 61.9 cm³/mol. The van der Waals surface area contributed by atoms with Gasteiger partial charge in [0.25, 0.3) is 0 Å². The molecule has 102 valence electrons. The van der Waals surface area contributed by atoms with E-state index in [0.29, 0.717) is 19.5 Å². The van der Waals surface area contributed by atoms with Crippen molar-refractivity contribution >= 4 is 18.0 Å². The Morgan fingerprint density at radius 3 is 2.72 bits per heavy atom. The van der Waals surface area contributed by atoms with E-state index in [9.17, 15) is 14.4 Å². The van der Waals surface area contributed by atoms with Gasteiger partial charge < -0.3 is 20.1 Å². The molecule has 0 spiro atoms. The van der Waals surface area contributed by atoms with Crippen molar-refractivity contribution in [2.45, 2.75) is 25.8 Å². The van der Waals surface area contributed by atoms with Gasteiger partial charge in [-0.05, 0) is 13.3 Å². The Morgan fingerprint density at radius 1 is 1.50 bits per heavy atom. The highest BCUT2D eigenvalue weighted by Crippen LogP contribution is 2.17. The number of hydrogen-bond donors (Lipinski definition) is 2. The number of nitrogens with one attached hydrogen (secondary N) is 1. The van der Waals surface area contributed by atoms with E-state index in [1.54, 1.807) is 6.92 Å². The third kappa shape index (κ3) is 3.90. The number of aliphatic carboxylic acids is 1. The Kier molecular flexibility index (Phi) is 4.94. The van der Waals surface area contributed by atoms with Crippen molar-refractivity contribution in [1.29, 1.82) is 0 Å². The second kappa shape index (κ2) is 6.23. The van der Waals surface area contributed by atoms with Gasteiger partial charge in [-0.1, -0.05) is 0 Å². The second-order valence-corrected chi connectivity index (χ2v) is 4.40. The van der Waals surface area contributed by atoms with Gasteiger partial charge in [-0.25, -0.2) is 4.79 Å². The maximum absolute atomic E-state index is 11.8. The molecular formula is C11H18N2O5. The topological polar surface area (TPSA) is 95.9 Å². The maximum atomic E-state index is 11.8. The van der Waals surface area contributed by atoms with Crippen molar-refractivity contribution < 1.29 is 24.2 Å². The fraction of sp³-hybridized carbons (Fsp3) is 0.727. The summed E-state index contributed by atoms with van der Waals surface area (Å²) in [7, 11) is 1.32. The van der Waals surface area contributed by atoms with E-state index in [-0.39, 0.29) is 24.3 Å². The monoisotopic (exact) mass is 258 g/mol. The zero-order valence-electron chi connectivity index (χ0n) is 10.5. The van der Waals surface area contributed by atoms with Crippen LogP contribution >= 0.6 is 0 Å². The number of hydrogen-bond acceptors (Lipinski definition) is 4. The fourth-order valence-corrected chi connectivity index (χ4v) is 1.92. The molecule has 0 aromatic carbocycles. The maximum Gasteiger partial charge on any atom is 0.317 e. The number of carbonyl (C=O) groups excluding carboxylic acids is 2. The standard InChI is InChI=1S/C11H18N2O5/c1-7(5-9(14)15)12-11(17)13-4-3-8(6-13)10(16)18-2/h7-8H,3-6H2,1-2H3,(H,12,17)(H,14,15). The zero-order valence-corrected chi connectivity index (χ0v) is 10.5. The zero-order chi connectivity index (χ0) is 13.7. The lowest BCUT2D eigenvalue weighted by Gasteiger charge is -2.19. The van der Waals surface area contributed by atoms with Gasteiger partial charge in [0.15, 0.2) is 0 Å². The van der Waals surface area contributed by atoms with Gasteiger partial charge in [-0.3, -0.25) is 9.59 Å². The van der Waals surface area contributed by atoms with Crippen LogP contribution in [0.5, 0.6) is 0 Å². The average Bonchev–Trinajstić information content (AvgIpc) is 2.75. The Hall–Kier alpha value is -1.79. The first-order valence-corrected chi connectivity index (χ1v) is 5.79. The lowest BCUT2D eigenvalue weighted by molar-refractivity contribution is -0.144. The fourth-order valence-electron chi connectivity index (χ4n) is 1.92. The number of carboxylic acids is 1. The number of carboxylic acid groups (broad SMARTS) is 1. The summed E-state index contributed by atoms with van der Waals surface area (Å²) in [4.78, 5) is 35.0. The summed E-state index contributed by atoms with van der Waals surface area (Å²) in [5.74, 6) is -1.56. The Bertz CT molecular complexity index is 344. The number of urea groups is 1. The molecule has 0 bridgehead atoms. The van der Waals surface area contributed by atoms with Gasteiger partial charge in [0, 0.05) is 19.1 Å². The van der Waals surface area contributed by atoms with E-state index in [2.05, 4.69) is 10.1 Å². The van der Waals surface area contributed by atoms with Crippen molar-refractivity contribution in [2.24, 2.45) is 5.92 Å². The quantitative estimate of drug-likeness (QED) is 0.695. The van der Waals surface area contributed by atoms with Crippen LogP contribution in [0.15, 0.2) is 0 Å². The van der Waals surface area contributed by atoms with Gasteiger partial charge >= 0.3 is 18.0 Å². The van der Waals surface area contributed by atoms with Crippen molar-refractivity contribution in [3.63, 3.8) is 0 Å². The molecule has 7 nitrogen and oxygen atoms in total. The molecule has 2 unspecified atom stereocenters. The van der Waals surface area contributed by atoms with Gasteiger partial charge in [-0.15, -0.1) is 0 Å². The molecule has 0 aromatic rings. The molecule has 1 heterocycles. The van der Waals surface area contributed by atoms with Gasteiger partial charge in [-0.2, -0.15) is 0 Å². The van der Waals surface area contributed by atoms with Crippen LogP contribution in [0.25, 0.3) is 0 Å². The summed E-state index contributed by atoms with van der Waals surface area (Å²) in [6.45, 7) is 2.42. The summed E-state index contributed by atoms with van der Waals surface area (Å²) in [5.41, 5.74) is 0. The third-order valence-electron chi connectivity index (χ3n) is 2.86. The van der Waals surface area contributed by atoms with Crippen LogP contribution in [0.2, 0.25) is 0 Å². The third-order valence-corrected chi connectivity index (χ3v) is 2.86. The minimum Gasteiger partial charge on any atom is -0.481 e. The molecule has 0 radical (unpaired) electrons. The summed E-state index contributed by atoms with van der Waals surface area (Å²) in [6.07, 6.45) is 0.452. The van der Waals surface area contributed by atoms with Crippen molar-refractivity contribution in [1.82, 2.24) is 10.2 Å². The molecule has 0 aromatic heterocycles. The molecule has 0 saturated carbocycles. The van der Waals surface area contributed by atoms with Crippen LogP contribution in [-0.2, 0) is 14.3 Å². The van der Waals surface area contributed by atoms with Crippen LogP contribution in [0, 0.1) is 5.92 Å². The SMILES string of the molecule is COC(=O)C1CCN(C(=O)NC(C)CC(=O)O)C1. The Balaban J connectivity index is 2.40. The predicted octanol–water partition coefficient (Wildman–Crippen LogP) is 0.0541. The summed E-state index contributed by atoms with van der Waals surface area (Å²) >= 11 is 0. The molecule has 2 N–H and O–H groups in total. The number of amides is 2. The first kappa shape index (κ1) is 14.3. The Labute approximate surface area is 105 Å². The average molecular weight is 258 g/mol. The van der Waals surface area contributed by atoms with Crippen LogP contribution in [0.3, 0.4) is 0 Å². The molecular weight excluding hydrogens is 240 g/mol. The lowest BCUT2D eigenvalue weighted by atomic mass is 10.1. The number of rotatable bonds is 4. The summed E-state index contributed by atoms with van der Waals surface area (Å²) in [6, 6.07) is -0.776. The van der Waals surface area contributed by atoms with E-state index in [4.69, 9.17) is 5.11 Å². The number of methoxy groups -OCH3 is 1. The van der Waals surface area contributed by atoms with Crippen molar-refractivity contribution in [3.8, 4) is 0 Å². The summed E-state index contributed by atoms with van der Waals surface area (Å²) < 4.78 is 4.62. The molecule has 7 heteroatoms. The van der Waals surface area contributed by atoms with E-state index in [1.807, 2.05) is 0 Å². The molecule has 2 atom stereocenters. The lowest BCUT2D eigenvalue weighted by Crippen LogP contribution is -2.43. The van der Waals surface area contributed by atoms with E-state index >= 15 is 0 Å². The minimum absolute atomic E-state index is 0.125. The number of nitrogens with zero attached hydrogens (tertiary/aromatic N) is 1. The first-order chi connectivity index (χ1) is 8.43. The highest BCUT2D eigenvalue weighted by atomic mass is 16.5. The largest absolute Gasteiger partial charge is 0.481 e. The smallest absolute Gasteiger partial charge is 0.317 e. The molecule has 1 fully saturated rings. The number of ether oxygens (including phenoxy) is 1. The van der Waals surface area contributed by atoms with Crippen LogP contribution in [0.4, 0.5) is 4.79 Å². The van der Waals surface area contributed by atoms with Gasteiger partial charge in [0.1, 0.15) is 0 Å². The molecule has 1 aliphatic rings. The first-order valence-electron chi connectivity index (χ1n) is 5.79. The molecule has 1 saturated heterocycles.